The van der Waals surface area contributed by atoms with E-state index in [-0.39, 0.29) is 37.8 Å². The number of hydrogen-bond donors (Lipinski definition) is 1. The fourth-order valence-corrected chi connectivity index (χ4v) is 4.39. The third kappa shape index (κ3) is 4.92. The van der Waals surface area contributed by atoms with Gasteiger partial charge in [-0.3, -0.25) is 9.78 Å². The van der Waals surface area contributed by atoms with Crippen molar-refractivity contribution in [2.75, 3.05) is 5.32 Å². The number of aromatic nitrogens is 1. The van der Waals surface area contributed by atoms with Crippen LogP contribution in [-0.4, -0.2) is 16.9 Å². The molecule has 4 aromatic rings. The Labute approximate surface area is 209 Å². The molecule has 1 aromatic heterocycles. The third-order valence-electron chi connectivity index (χ3n) is 4.83. The summed E-state index contributed by atoms with van der Waals surface area (Å²) in [4.78, 5) is 29.7. The van der Waals surface area contributed by atoms with Crippen LogP contribution in [0.3, 0.4) is 0 Å². The first kappa shape index (κ1) is 23.3. The van der Waals surface area contributed by atoms with Gasteiger partial charge in [-0.05, 0) is 36.4 Å². The van der Waals surface area contributed by atoms with Crippen LogP contribution in [0.2, 0.25) is 20.1 Å². The molecule has 0 spiro atoms. The number of fused-ring (bicyclic) bond motifs is 1. The number of halogens is 4. The summed E-state index contributed by atoms with van der Waals surface area (Å²) in [5.74, 6) is -1.11. The van der Waals surface area contributed by atoms with Gasteiger partial charge in [-0.15, -0.1) is 0 Å². The van der Waals surface area contributed by atoms with Crippen LogP contribution in [0.25, 0.3) is 10.9 Å². The van der Waals surface area contributed by atoms with Crippen LogP contribution in [0.15, 0.2) is 66.9 Å². The molecule has 33 heavy (non-hydrogen) atoms. The summed E-state index contributed by atoms with van der Waals surface area (Å²) in [6, 6.07) is 16.6. The van der Waals surface area contributed by atoms with E-state index in [0.29, 0.717) is 22.2 Å². The predicted molar refractivity (Wildman–Crippen MR) is 132 cm³/mol. The number of para-hydroxylation sites is 1. The zero-order valence-corrected chi connectivity index (χ0v) is 19.8. The van der Waals surface area contributed by atoms with Crippen molar-refractivity contribution >= 4 is 74.9 Å². The van der Waals surface area contributed by atoms with Crippen LogP contribution in [-0.2, 0) is 11.3 Å². The summed E-state index contributed by atoms with van der Waals surface area (Å²) >= 11 is 24.5. The number of nitrogens with one attached hydrogen (secondary N) is 1. The number of esters is 1. The molecule has 5 nitrogen and oxygen atoms in total. The maximum Gasteiger partial charge on any atom is 0.341 e. The van der Waals surface area contributed by atoms with Crippen molar-refractivity contribution in [1.29, 1.82) is 0 Å². The summed E-state index contributed by atoms with van der Waals surface area (Å²) in [5, 5.41) is 4.37. The Balaban J connectivity index is 1.60. The normalized spacial score (nSPS) is 10.8. The van der Waals surface area contributed by atoms with Gasteiger partial charge < -0.3 is 10.1 Å². The quantitative estimate of drug-likeness (QED) is 0.278. The fourth-order valence-electron chi connectivity index (χ4n) is 3.27. The molecule has 0 aliphatic carbocycles. The van der Waals surface area contributed by atoms with Gasteiger partial charge in [0.25, 0.3) is 5.91 Å². The van der Waals surface area contributed by atoms with Crippen molar-refractivity contribution in [1.82, 2.24) is 4.98 Å². The molecule has 0 radical (unpaired) electrons. The van der Waals surface area contributed by atoms with Crippen molar-refractivity contribution in [3.63, 3.8) is 0 Å². The van der Waals surface area contributed by atoms with Gasteiger partial charge in [-0.25, -0.2) is 4.79 Å². The van der Waals surface area contributed by atoms with E-state index in [0.717, 1.165) is 0 Å². The van der Waals surface area contributed by atoms with Gasteiger partial charge in [-0.1, -0.05) is 70.7 Å². The van der Waals surface area contributed by atoms with Crippen molar-refractivity contribution in [2.24, 2.45) is 0 Å². The van der Waals surface area contributed by atoms with E-state index in [1.165, 1.54) is 0 Å². The molecule has 0 saturated carbocycles. The molecule has 9 heteroatoms. The monoisotopic (exact) mass is 518 g/mol. The van der Waals surface area contributed by atoms with Gasteiger partial charge in [0, 0.05) is 17.1 Å². The maximum absolute atomic E-state index is 12.8. The standard InChI is InChI=1S/C24H14Cl4N2O3/c25-15-5-2-6-16(26)20(15)23(31)30-19-9-1-4-14-13(10-11-29-22(14)19)12-33-24(32)21-17(27)7-3-8-18(21)28/h1-11H,12H2,(H,30,31). The van der Waals surface area contributed by atoms with Gasteiger partial charge in [0.1, 0.15) is 6.61 Å². The molecule has 3 aromatic carbocycles. The number of ether oxygens (including phenoxy) is 1. The first-order valence-corrected chi connectivity index (χ1v) is 11.1. The van der Waals surface area contributed by atoms with Crippen LogP contribution in [0, 0.1) is 0 Å². The SMILES string of the molecule is O=C(Nc1cccc2c(COC(=O)c3c(Cl)cccc3Cl)ccnc12)c1c(Cl)cccc1Cl. The number of carbonyl (C=O) groups is 2. The lowest BCUT2D eigenvalue weighted by Crippen LogP contribution is -2.14. The Morgan fingerprint density at radius 2 is 1.36 bits per heavy atom. The lowest BCUT2D eigenvalue weighted by Gasteiger charge is -2.13. The summed E-state index contributed by atoms with van der Waals surface area (Å²) in [6.45, 7) is -0.0485. The van der Waals surface area contributed by atoms with Gasteiger partial charge in [-0.2, -0.15) is 0 Å². The first-order chi connectivity index (χ1) is 15.9. The minimum Gasteiger partial charge on any atom is -0.457 e. The summed E-state index contributed by atoms with van der Waals surface area (Å²) in [5.41, 5.74) is 1.92. The predicted octanol–water partition coefficient (Wildman–Crippen LogP) is 7.46. The lowest BCUT2D eigenvalue weighted by molar-refractivity contribution is 0.0474. The van der Waals surface area contributed by atoms with E-state index in [4.69, 9.17) is 51.1 Å². The average molecular weight is 520 g/mol. The molecule has 0 atom stereocenters. The van der Waals surface area contributed by atoms with E-state index in [1.807, 2.05) is 6.07 Å². The summed E-state index contributed by atoms with van der Waals surface area (Å²) in [6.07, 6.45) is 1.56. The number of rotatable bonds is 5. The number of pyridine rings is 1. The van der Waals surface area contributed by atoms with Crippen molar-refractivity contribution in [3.8, 4) is 0 Å². The Morgan fingerprint density at radius 1 is 0.788 bits per heavy atom. The number of anilines is 1. The van der Waals surface area contributed by atoms with Crippen LogP contribution in [0.5, 0.6) is 0 Å². The van der Waals surface area contributed by atoms with Crippen molar-refractivity contribution in [3.05, 3.63) is 104 Å². The van der Waals surface area contributed by atoms with Crippen molar-refractivity contribution < 1.29 is 14.3 Å². The topological polar surface area (TPSA) is 68.3 Å². The Hall–Kier alpha value is -2.83. The smallest absolute Gasteiger partial charge is 0.341 e. The summed E-state index contributed by atoms with van der Waals surface area (Å²) < 4.78 is 5.45. The second-order valence-electron chi connectivity index (χ2n) is 6.90. The average Bonchev–Trinajstić information content (AvgIpc) is 2.77. The second-order valence-corrected chi connectivity index (χ2v) is 8.52. The third-order valence-corrected chi connectivity index (χ3v) is 6.08. The van der Waals surface area contributed by atoms with E-state index >= 15 is 0 Å². The highest BCUT2D eigenvalue weighted by molar-refractivity contribution is 6.40. The largest absolute Gasteiger partial charge is 0.457 e. The molecule has 0 unspecified atom stereocenters. The Kier molecular flexibility index (Phi) is 7.05. The highest BCUT2D eigenvalue weighted by atomic mass is 35.5. The number of hydrogen-bond acceptors (Lipinski definition) is 4. The molecule has 0 aliphatic rings. The van der Waals surface area contributed by atoms with E-state index in [1.54, 1.807) is 60.8 Å². The molecule has 166 valence electrons. The van der Waals surface area contributed by atoms with Gasteiger partial charge in [0.2, 0.25) is 0 Å². The zero-order valence-electron chi connectivity index (χ0n) is 16.7. The van der Waals surface area contributed by atoms with Crippen LogP contribution < -0.4 is 5.32 Å². The highest BCUT2D eigenvalue weighted by Crippen LogP contribution is 2.29. The molecule has 0 aliphatic heterocycles. The lowest BCUT2D eigenvalue weighted by atomic mass is 10.1. The van der Waals surface area contributed by atoms with E-state index in [9.17, 15) is 9.59 Å². The zero-order chi connectivity index (χ0) is 23.5. The van der Waals surface area contributed by atoms with Crippen LogP contribution in [0.1, 0.15) is 26.3 Å². The molecule has 1 N–H and O–H groups in total. The number of nitrogens with zero attached hydrogens (tertiary/aromatic N) is 1. The number of amides is 1. The number of benzene rings is 3. The van der Waals surface area contributed by atoms with E-state index in [2.05, 4.69) is 10.3 Å². The van der Waals surface area contributed by atoms with Crippen LogP contribution >= 0.6 is 46.4 Å². The minimum absolute atomic E-state index is 0.0485. The molecule has 0 bridgehead atoms. The molecular formula is C24H14Cl4N2O3. The maximum atomic E-state index is 12.8. The van der Waals surface area contributed by atoms with Gasteiger partial charge in [0.15, 0.2) is 0 Å². The van der Waals surface area contributed by atoms with E-state index < -0.39 is 11.9 Å². The second kappa shape index (κ2) is 9.98. The minimum atomic E-state index is -0.645. The molecule has 0 saturated heterocycles. The first-order valence-electron chi connectivity index (χ1n) is 9.60. The Bertz CT molecular complexity index is 1350. The van der Waals surface area contributed by atoms with Crippen molar-refractivity contribution in [2.45, 2.75) is 6.61 Å². The van der Waals surface area contributed by atoms with Crippen LogP contribution in [0.4, 0.5) is 5.69 Å². The Morgan fingerprint density at radius 3 is 2.00 bits per heavy atom. The molecule has 4 rings (SSSR count). The molecular weight excluding hydrogens is 506 g/mol. The summed E-state index contributed by atoms with van der Waals surface area (Å²) in [7, 11) is 0. The molecule has 1 heterocycles. The fraction of sp³-hybridized carbons (Fsp3) is 0.0417. The highest BCUT2D eigenvalue weighted by Gasteiger charge is 2.18. The molecule has 1 amide bonds. The van der Waals surface area contributed by atoms with Gasteiger partial charge >= 0.3 is 5.97 Å². The molecule has 0 fully saturated rings. The number of carbonyl (C=O) groups excluding carboxylic acids is 2. The van der Waals surface area contributed by atoms with Gasteiger partial charge in [0.05, 0.1) is 42.4 Å².